The van der Waals surface area contributed by atoms with Crippen LogP contribution in [-0.4, -0.2) is 19.5 Å². The van der Waals surface area contributed by atoms with Gasteiger partial charge in [-0.3, -0.25) is 0 Å². The van der Waals surface area contributed by atoms with E-state index in [1.54, 1.807) is 18.2 Å². The van der Waals surface area contributed by atoms with Gasteiger partial charge < -0.3 is 4.57 Å². The highest BCUT2D eigenvalue weighted by Gasteiger charge is 2.31. The van der Waals surface area contributed by atoms with Gasteiger partial charge in [-0.05, 0) is 106 Å². The van der Waals surface area contributed by atoms with Crippen LogP contribution in [0.25, 0.3) is 95.0 Å². The van der Waals surface area contributed by atoms with E-state index in [-0.39, 0.29) is 5.82 Å². The SMILES string of the molecule is N#Cc1cccc(-c2ccc3c(c2)c2cc(-c4cccc(C#N)c4)ccc2n3-c2ccc(-c3cccc(C(F)(F)F)c3)c(-c3nc(-c4ccccc4)nc(-c4ccccc4)n3)c2)c1. The largest absolute Gasteiger partial charge is 0.416 e. The maximum absolute atomic E-state index is 14.2. The van der Waals surface area contributed by atoms with E-state index in [2.05, 4.69) is 28.8 Å². The number of nitriles is 2. The highest BCUT2D eigenvalue weighted by molar-refractivity contribution is 6.12. The van der Waals surface area contributed by atoms with Crippen LogP contribution in [0.4, 0.5) is 13.2 Å². The number of benzene rings is 8. The molecule has 0 saturated carbocycles. The molecular formula is C54H31F3N6. The monoisotopic (exact) mass is 820 g/mol. The smallest absolute Gasteiger partial charge is 0.309 e. The standard InChI is InChI=1S/C54H31F3N6/c55-54(56,57)43-19-9-18-42(28-43)45-23-22-44(31-48(45)53-61-51(36-12-3-1-4-13-36)60-52(62-53)37-14-5-2-6-15-37)63-49-24-20-40(38-16-7-10-34(26-38)32-58)29-46(49)47-30-41(21-25-50(47)63)39-17-8-11-35(27-39)33-59/h1-31H. The minimum Gasteiger partial charge on any atom is -0.309 e. The van der Waals surface area contributed by atoms with Crippen molar-refractivity contribution in [3.05, 3.63) is 205 Å². The Bertz CT molecular complexity index is 3300. The molecule has 0 amide bonds. The average molecular weight is 821 g/mol. The van der Waals surface area contributed by atoms with Gasteiger partial charge in [0.1, 0.15) is 0 Å². The van der Waals surface area contributed by atoms with E-state index in [4.69, 9.17) is 15.0 Å². The summed E-state index contributed by atoms with van der Waals surface area (Å²) >= 11 is 0. The predicted molar refractivity (Wildman–Crippen MR) is 241 cm³/mol. The van der Waals surface area contributed by atoms with Gasteiger partial charge in [0, 0.05) is 33.2 Å². The molecule has 2 aromatic heterocycles. The highest BCUT2D eigenvalue weighted by Crippen LogP contribution is 2.41. The summed E-state index contributed by atoms with van der Waals surface area (Å²) in [6.07, 6.45) is -4.56. The van der Waals surface area contributed by atoms with Crippen molar-refractivity contribution in [3.63, 3.8) is 0 Å². The second-order valence-corrected chi connectivity index (χ2v) is 15.0. The van der Waals surface area contributed by atoms with Crippen LogP contribution in [0.2, 0.25) is 0 Å². The fourth-order valence-electron chi connectivity index (χ4n) is 8.10. The normalized spacial score (nSPS) is 11.4. The zero-order chi connectivity index (χ0) is 43.1. The molecule has 8 aromatic carbocycles. The first-order valence-electron chi connectivity index (χ1n) is 20.0. The number of rotatable bonds is 7. The highest BCUT2D eigenvalue weighted by atomic mass is 19.4. The zero-order valence-electron chi connectivity index (χ0n) is 33.2. The van der Waals surface area contributed by atoms with Crippen LogP contribution in [0, 0.1) is 22.7 Å². The van der Waals surface area contributed by atoms with Crippen LogP contribution >= 0.6 is 0 Å². The fraction of sp³-hybridized carbons (Fsp3) is 0.0185. The van der Waals surface area contributed by atoms with Gasteiger partial charge in [-0.25, -0.2) is 15.0 Å². The first-order valence-corrected chi connectivity index (χ1v) is 20.0. The molecule has 0 atom stereocenters. The lowest BCUT2D eigenvalue weighted by Gasteiger charge is -2.16. The molecule has 0 fully saturated rings. The third-order valence-electron chi connectivity index (χ3n) is 11.1. The molecule has 0 spiro atoms. The lowest BCUT2D eigenvalue weighted by atomic mass is 9.96. The molecule has 0 aliphatic carbocycles. The minimum atomic E-state index is -4.56. The van der Waals surface area contributed by atoms with Crippen molar-refractivity contribution in [1.82, 2.24) is 19.5 Å². The van der Waals surface area contributed by atoms with Gasteiger partial charge in [0.05, 0.1) is 39.9 Å². The topological polar surface area (TPSA) is 91.2 Å². The molecule has 10 rings (SSSR count). The molecule has 0 saturated heterocycles. The summed E-state index contributed by atoms with van der Waals surface area (Å²) < 4.78 is 44.8. The lowest BCUT2D eigenvalue weighted by molar-refractivity contribution is -0.137. The summed E-state index contributed by atoms with van der Waals surface area (Å²) in [5.41, 5.74) is 9.29. The van der Waals surface area contributed by atoms with E-state index >= 15 is 0 Å². The lowest BCUT2D eigenvalue weighted by Crippen LogP contribution is -2.05. The summed E-state index contributed by atoms with van der Waals surface area (Å²) in [6.45, 7) is 0. The molecule has 0 aliphatic heterocycles. The summed E-state index contributed by atoms with van der Waals surface area (Å²) in [7, 11) is 0. The molecule has 0 radical (unpaired) electrons. The van der Waals surface area contributed by atoms with Gasteiger partial charge in [-0.15, -0.1) is 0 Å². The Morgan fingerprint density at radius 1 is 0.397 bits per heavy atom. The third-order valence-corrected chi connectivity index (χ3v) is 11.1. The van der Waals surface area contributed by atoms with E-state index in [0.717, 1.165) is 73.0 Å². The minimum absolute atomic E-state index is 0.289. The van der Waals surface area contributed by atoms with Crippen molar-refractivity contribution in [3.8, 4) is 85.4 Å². The summed E-state index contributed by atoms with van der Waals surface area (Å²) in [6, 6.07) is 61.8. The van der Waals surface area contributed by atoms with Crippen molar-refractivity contribution in [2.75, 3.05) is 0 Å². The molecule has 10 aromatic rings. The summed E-state index contributed by atoms with van der Waals surface area (Å²) in [5.74, 6) is 1.12. The van der Waals surface area contributed by atoms with Gasteiger partial charge in [-0.1, -0.05) is 115 Å². The van der Waals surface area contributed by atoms with Crippen molar-refractivity contribution in [1.29, 1.82) is 10.5 Å². The Morgan fingerprint density at radius 3 is 1.40 bits per heavy atom. The van der Waals surface area contributed by atoms with Crippen LogP contribution in [0.15, 0.2) is 188 Å². The predicted octanol–water partition coefficient (Wildman–Crippen LogP) is 13.7. The van der Waals surface area contributed by atoms with E-state index in [1.165, 1.54) is 6.07 Å². The molecule has 63 heavy (non-hydrogen) atoms. The summed E-state index contributed by atoms with van der Waals surface area (Å²) in [4.78, 5) is 14.9. The Morgan fingerprint density at radius 2 is 0.873 bits per heavy atom. The Balaban J connectivity index is 1.25. The quantitative estimate of drug-likeness (QED) is 0.160. The molecule has 0 unspecified atom stereocenters. The first-order chi connectivity index (χ1) is 30.7. The number of hydrogen-bond acceptors (Lipinski definition) is 5. The molecule has 0 N–H and O–H groups in total. The fourth-order valence-corrected chi connectivity index (χ4v) is 8.10. The number of alkyl halides is 3. The Kier molecular flexibility index (Phi) is 9.63. The van der Waals surface area contributed by atoms with E-state index in [9.17, 15) is 23.7 Å². The molecule has 2 heterocycles. The van der Waals surface area contributed by atoms with Crippen LogP contribution in [0.5, 0.6) is 0 Å². The molecule has 9 heteroatoms. The Hall–Kier alpha value is -8.66. The van der Waals surface area contributed by atoms with Crippen LogP contribution in [0.1, 0.15) is 16.7 Å². The van der Waals surface area contributed by atoms with Gasteiger partial charge in [0.2, 0.25) is 0 Å². The molecule has 6 nitrogen and oxygen atoms in total. The van der Waals surface area contributed by atoms with Crippen LogP contribution in [-0.2, 0) is 6.18 Å². The molecule has 0 aliphatic rings. The number of halogens is 3. The van der Waals surface area contributed by atoms with Gasteiger partial charge >= 0.3 is 6.18 Å². The average Bonchev–Trinajstić information content (AvgIpc) is 3.67. The Labute approximate surface area is 360 Å². The van der Waals surface area contributed by atoms with Gasteiger partial charge in [-0.2, -0.15) is 23.7 Å². The van der Waals surface area contributed by atoms with Gasteiger partial charge in [0.15, 0.2) is 17.5 Å². The maximum atomic E-state index is 14.2. The van der Waals surface area contributed by atoms with Crippen molar-refractivity contribution >= 4 is 21.8 Å². The first kappa shape index (κ1) is 38.5. The number of fused-ring (bicyclic) bond motifs is 3. The number of hydrogen-bond donors (Lipinski definition) is 0. The second-order valence-electron chi connectivity index (χ2n) is 15.0. The van der Waals surface area contributed by atoms with Crippen LogP contribution in [0.3, 0.4) is 0 Å². The second kappa shape index (κ2) is 15.7. The molecule has 0 bridgehead atoms. The van der Waals surface area contributed by atoms with Crippen molar-refractivity contribution in [2.45, 2.75) is 6.18 Å². The van der Waals surface area contributed by atoms with E-state index in [0.29, 0.717) is 39.5 Å². The molecule has 298 valence electrons. The zero-order valence-corrected chi connectivity index (χ0v) is 33.2. The number of aromatic nitrogens is 4. The molecular weight excluding hydrogens is 790 g/mol. The van der Waals surface area contributed by atoms with Crippen molar-refractivity contribution < 1.29 is 13.2 Å². The van der Waals surface area contributed by atoms with Crippen molar-refractivity contribution in [2.24, 2.45) is 0 Å². The van der Waals surface area contributed by atoms with Crippen LogP contribution < -0.4 is 0 Å². The maximum Gasteiger partial charge on any atom is 0.416 e. The van der Waals surface area contributed by atoms with E-state index in [1.807, 2.05) is 140 Å². The number of nitrogens with zero attached hydrogens (tertiary/aromatic N) is 6. The third kappa shape index (κ3) is 7.35. The summed E-state index contributed by atoms with van der Waals surface area (Å²) in [5, 5.41) is 21.2. The van der Waals surface area contributed by atoms with Gasteiger partial charge in [0.25, 0.3) is 0 Å². The van der Waals surface area contributed by atoms with E-state index < -0.39 is 11.7 Å².